The number of benzene rings is 8. The lowest BCUT2D eigenvalue weighted by atomic mass is 9.99. The molecule has 0 aliphatic rings. The van der Waals surface area contributed by atoms with Gasteiger partial charge in [0, 0.05) is 33.0 Å². The van der Waals surface area contributed by atoms with Gasteiger partial charge >= 0.3 is 0 Å². The van der Waals surface area contributed by atoms with Crippen molar-refractivity contribution < 1.29 is 4.42 Å². The van der Waals surface area contributed by atoms with Gasteiger partial charge in [-0.1, -0.05) is 146 Å². The third-order valence-electron chi connectivity index (χ3n) is 10.5. The molecule has 0 atom stereocenters. The summed E-state index contributed by atoms with van der Waals surface area (Å²) in [5.74, 6) is 1.80. The zero-order chi connectivity index (χ0) is 36.3. The minimum atomic E-state index is 0.583. The molecule has 3 heterocycles. The van der Waals surface area contributed by atoms with Crippen LogP contribution in [0.15, 0.2) is 186 Å². The van der Waals surface area contributed by atoms with Gasteiger partial charge in [0.1, 0.15) is 11.2 Å². The van der Waals surface area contributed by atoms with Crippen LogP contribution in [-0.2, 0) is 0 Å². The second-order valence-corrected chi connectivity index (χ2v) is 13.8. The first-order valence-electron chi connectivity index (χ1n) is 18.4. The maximum Gasteiger partial charge on any atom is 0.164 e. The number of para-hydroxylation sites is 2. The second-order valence-electron chi connectivity index (χ2n) is 13.8. The molecule has 0 N–H and O–H groups in total. The third-order valence-corrected chi connectivity index (χ3v) is 10.5. The summed E-state index contributed by atoms with van der Waals surface area (Å²) in [6.45, 7) is 0. The lowest BCUT2D eigenvalue weighted by molar-refractivity contribution is 0.672. The van der Waals surface area contributed by atoms with Crippen LogP contribution in [0.25, 0.3) is 111 Å². The molecule has 0 aliphatic carbocycles. The Hall–Kier alpha value is -7.50. The number of hydrogen-bond acceptors (Lipinski definition) is 5. The first-order valence-corrected chi connectivity index (χ1v) is 18.4. The van der Waals surface area contributed by atoms with Crippen molar-refractivity contribution in [1.82, 2.24) is 19.9 Å². The number of nitrogens with zero attached hydrogens (tertiary/aromatic N) is 4. The summed E-state index contributed by atoms with van der Waals surface area (Å²) in [6, 6.07) is 62.8. The van der Waals surface area contributed by atoms with Crippen molar-refractivity contribution in [3.8, 4) is 56.5 Å². The molecular formula is C50H30N4O. The van der Waals surface area contributed by atoms with Crippen LogP contribution < -0.4 is 0 Å². The normalized spacial score (nSPS) is 11.6. The monoisotopic (exact) mass is 702 g/mol. The second kappa shape index (κ2) is 12.6. The van der Waals surface area contributed by atoms with Gasteiger partial charge in [0.15, 0.2) is 17.5 Å². The Kier molecular flexibility index (Phi) is 7.10. The van der Waals surface area contributed by atoms with Crippen molar-refractivity contribution in [2.45, 2.75) is 0 Å². The zero-order valence-electron chi connectivity index (χ0n) is 29.5. The standard InChI is InChI=1S/C50H30N4O/c1-2-12-31(13-3-1)33-15-10-17-36(28-33)48-52-49(54-50(53-48)38-26-27-40-34(29-38)25-24-32-14-4-5-19-39(32)40)37-18-11-16-35(30-37)46-45-42-21-7-9-23-44(42)55-47(45)41-20-6-8-22-43(41)51-46/h1-30H. The average molecular weight is 703 g/mol. The SMILES string of the molecule is c1ccc(-c2cccc(-c3nc(-c4cccc(-c5nc6ccccc6c6oc7ccccc7c56)c4)nc(-c4ccc5c(ccc6ccccc65)c4)n3)c2)cc1. The fourth-order valence-corrected chi connectivity index (χ4v) is 7.81. The number of furan rings is 1. The summed E-state index contributed by atoms with van der Waals surface area (Å²) in [7, 11) is 0. The largest absolute Gasteiger partial charge is 0.455 e. The van der Waals surface area contributed by atoms with Gasteiger partial charge in [-0.05, 0) is 69.1 Å². The van der Waals surface area contributed by atoms with Gasteiger partial charge in [-0.15, -0.1) is 0 Å². The fraction of sp³-hybridized carbons (Fsp3) is 0. The molecule has 5 nitrogen and oxygen atoms in total. The van der Waals surface area contributed by atoms with Crippen LogP contribution in [0.5, 0.6) is 0 Å². The Morgan fingerprint density at radius 3 is 1.69 bits per heavy atom. The molecule has 5 heteroatoms. The first kappa shape index (κ1) is 31.1. The molecule has 0 radical (unpaired) electrons. The van der Waals surface area contributed by atoms with Crippen LogP contribution in [0.3, 0.4) is 0 Å². The summed E-state index contributed by atoms with van der Waals surface area (Å²) in [5, 5.41) is 7.77. The van der Waals surface area contributed by atoms with Crippen molar-refractivity contribution in [2.75, 3.05) is 0 Å². The maximum absolute atomic E-state index is 6.49. The summed E-state index contributed by atoms with van der Waals surface area (Å²) < 4.78 is 6.49. The van der Waals surface area contributed by atoms with E-state index in [4.69, 9.17) is 24.4 Å². The minimum Gasteiger partial charge on any atom is -0.455 e. The van der Waals surface area contributed by atoms with Crippen molar-refractivity contribution in [1.29, 1.82) is 0 Å². The molecule has 8 aromatic carbocycles. The van der Waals surface area contributed by atoms with E-state index in [0.29, 0.717) is 17.5 Å². The highest BCUT2D eigenvalue weighted by Crippen LogP contribution is 2.40. The Labute approximate surface area is 316 Å². The quantitative estimate of drug-likeness (QED) is 0.167. The molecule has 11 rings (SSSR count). The lowest BCUT2D eigenvalue weighted by Crippen LogP contribution is -2.00. The van der Waals surface area contributed by atoms with Crippen LogP contribution in [0.4, 0.5) is 0 Å². The van der Waals surface area contributed by atoms with Gasteiger partial charge < -0.3 is 4.42 Å². The molecule has 0 unspecified atom stereocenters. The van der Waals surface area contributed by atoms with Crippen molar-refractivity contribution in [2.24, 2.45) is 0 Å². The van der Waals surface area contributed by atoms with Crippen LogP contribution in [0.2, 0.25) is 0 Å². The van der Waals surface area contributed by atoms with Crippen LogP contribution in [0.1, 0.15) is 0 Å². The van der Waals surface area contributed by atoms with Crippen LogP contribution in [0, 0.1) is 0 Å². The summed E-state index contributed by atoms with van der Waals surface area (Å²) in [4.78, 5) is 20.7. The predicted molar refractivity (Wildman–Crippen MR) is 225 cm³/mol. The number of fused-ring (bicyclic) bond motifs is 8. The lowest BCUT2D eigenvalue weighted by Gasteiger charge is -2.12. The number of aromatic nitrogens is 4. The molecule has 0 amide bonds. The molecule has 0 bridgehead atoms. The van der Waals surface area contributed by atoms with Gasteiger partial charge in [0.2, 0.25) is 0 Å². The highest BCUT2D eigenvalue weighted by atomic mass is 16.3. The summed E-state index contributed by atoms with van der Waals surface area (Å²) in [6.07, 6.45) is 0. The predicted octanol–water partition coefficient (Wildman–Crippen LogP) is 13.0. The Morgan fingerprint density at radius 1 is 0.327 bits per heavy atom. The van der Waals surface area contributed by atoms with E-state index in [1.54, 1.807) is 0 Å². The Morgan fingerprint density at radius 2 is 0.891 bits per heavy atom. The molecule has 0 saturated heterocycles. The topological polar surface area (TPSA) is 64.7 Å². The highest BCUT2D eigenvalue weighted by Gasteiger charge is 2.19. The maximum atomic E-state index is 6.49. The van der Waals surface area contributed by atoms with E-state index >= 15 is 0 Å². The minimum absolute atomic E-state index is 0.583. The number of pyridine rings is 1. The van der Waals surface area contributed by atoms with Gasteiger partial charge in [0.25, 0.3) is 0 Å². The van der Waals surface area contributed by atoms with E-state index in [2.05, 4.69) is 140 Å². The molecule has 11 aromatic rings. The Balaban J connectivity index is 1.11. The van der Waals surface area contributed by atoms with Gasteiger partial charge in [-0.25, -0.2) is 19.9 Å². The smallest absolute Gasteiger partial charge is 0.164 e. The van der Waals surface area contributed by atoms with Gasteiger partial charge in [-0.2, -0.15) is 0 Å². The molecule has 55 heavy (non-hydrogen) atoms. The third kappa shape index (κ3) is 5.33. The number of rotatable bonds is 5. The Bertz CT molecular complexity index is 3280. The van der Waals surface area contributed by atoms with E-state index in [-0.39, 0.29) is 0 Å². The molecule has 0 fully saturated rings. The molecule has 0 aliphatic heterocycles. The molecule has 0 saturated carbocycles. The van der Waals surface area contributed by atoms with E-state index < -0.39 is 0 Å². The average Bonchev–Trinajstić information content (AvgIpc) is 3.66. The molecular weight excluding hydrogens is 673 g/mol. The molecule has 3 aromatic heterocycles. The molecule has 256 valence electrons. The first-order chi connectivity index (χ1) is 27.2. The van der Waals surface area contributed by atoms with E-state index in [1.807, 2.05) is 42.5 Å². The zero-order valence-corrected chi connectivity index (χ0v) is 29.5. The fourth-order valence-electron chi connectivity index (χ4n) is 7.81. The van der Waals surface area contributed by atoms with Gasteiger partial charge in [0.05, 0.1) is 16.6 Å². The van der Waals surface area contributed by atoms with E-state index in [9.17, 15) is 0 Å². The van der Waals surface area contributed by atoms with Crippen LogP contribution >= 0.6 is 0 Å². The van der Waals surface area contributed by atoms with Gasteiger partial charge in [-0.3, -0.25) is 0 Å². The summed E-state index contributed by atoms with van der Waals surface area (Å²) >= 11 is 0. The summed E-state index contributed by atoms with van der Waals surface area (Å²) in [5.41, 5.74) is 9.28. The number of hydrogen-bond donors (Lipinski definition) is 0. The van der Waals surface area contributed by atoms with E-state index in [0.717, 1.165) is 77.3 Å². The van der Waals surface area contributed by atoms with E-state index in [1.165, 1.54) is 16.2 Å². The van der Waals surface area contributed by atoms with Crippen molar-refractivity contribution in [3.63, 3.8) is 0 Å². The van der Waals surface area contributed by atoms with Crippen molar-refractivity contribution in [3.05, 3.63) is 182 Å². The van der Waals surface area contributed by atoms with Crippen molar-refractivity contribution >= 4 is 54.4 Å². The molecule has 0 spiro atoms. The van der Waals surface area contributed by atoms with Crippen LogP contribution in [-0.4, -0.2) is 19.9 Å². The highest BCUT2D eigenvalue weighted by molar-refractivity contribution is 6.19.